The lowest BCUT2D eigenvalue weighted by molar-refractivity contribution is 0.660. The summed E-state index contributed by atoms with van der Waals surface area (Å²) in [7, 11) is 0. The highest BCUT2D eigenvalue weighted by Gasteiger charge is 2.26. The first-order valence-corrected chi connectivity index (χ1v) is 21.2. The van der Waals surface area contributed by atoms with E-state index in [1.54, 1.807) is 0 Å². The van der Waals surface area contributed by atoms with Crippen LogP contribution in [0.15, 0.2) is 231 Å². The molecule has 0 aliphatic carbocycles. The highest BCUT2D eigenvalue weighted by molar-refractivity contribution is 7.99. The third-order valence-electron chi connectivity index (χ3n) is 11.7. The topological polar surface area (TPSA) is 41.6 Å². The second-order valence-corrected chi connectivity index (χ2v) is 16.4. The SMILES string of the molecule is O=c1c2ccccc2oc2cc(-c3cccc(-n4c5ccc(N(c6ccccc6)c6ccccc6)cc5c5cc(N6c7ccccc7Sc7ccccc76)ccc54)c3)ccc12. The van der Waals surface area contributed by atoms with Crippen LogP contribution in [0.4, 0.5) is 34.1 Å². The molecule has 0 saturated heterocycles. The molecule has 1 aliphatic heterocycles. The lowest BCUT2D eigenvalue weighted by atomic mass is 10.0. The van der Waals surface area contributed by atoms with Crippen molar-refractivity contribution in [2.45, 2.75) is 9.79 Å². The normalized spacial score (nSPS) is 12.2. The molecular formula is C55H35N3O2S. The number of hydrogen-bond acceptors (Lipinski definition) is 5. The van der Waals surface area contributed by atoms with Crippen molar-refractivity contribution in [1.29, 1.82) is 0 Å². The van der Waals surface area contributed by atoms with Crippen LogP contribution in [-0.4, -0.2) is 4.57 Å². The fourth-order valence-corrected chi connectivity index (χ4v) is 10.0. The van der Waals surface area contributed by atoms with Crippen molar-refractivity contribution in [2.75, 3.05) is 9.80 Å². The van der Waals surface area contributed by atoms with E-state index in [0.29, 0.717) is 21.9 Å². The Morgan fingerprint density at radius 1 is 0.410 bits per heavy atom. The number of fused-ring (bicyclic) bond motifs is 7. The lowest BCUT2D eigenvalue weighted by Crippen LogP contribution is -2.14. The van der Waals surface area contributed by atoms with Crippen LogP contribution in [0.1, 0.15) is 0 Å². The predicted molar refractivity (Wildman–Crippen MR) is 253 cm³/mol. The molecule has 61 heavy (non-hydrogen) atoms. The van der Waals surface area contributed by atoms with Gasteiger partial charge in [-0.1, -0.05) is 103 Å². The van der Waals surface area contributed by atoms with Crippen LogP contribution in [0.2, 0.25) is 0 Å². The zero-order valence-corrected chi connectivity index (χ0v) is 33.6. The maximum atomic E-state index is 13.4. The van der Waals surface area contributed by atoms with Gasteiger partial charge in [0.1, 0.15) is 11.2 Å². The molecule has 0 spiro atoms. The predicted octanol–water partition coefficient (Wildman–Crippen LogP) is 15.1. The van der Waals surface area contributed by atoms with E-state index in [4.69, 9.17) is 4.42 Å². The van der Waals surface area contributed by atoms with Crippen LogP contribution >= 0.6 is 11.8 Å². The quantitative estimate of drug-likeness (QED) is 0.157. The number of anilines is 6. The Labute approximate surface area is 356 Å². The van der Waals surface area contributed by atoms with Crippen LogP contribution in [-0.2, 0) is 0 Å². The Hall–Kier alpha value is -7.80. The molecule has 0 N–H and O–H groups in total. The van der Waals surface area contributed by atoms with Crippen LogP contribution in [0.5, 0.6) is 0 Å². The Morgan fingerprint density at radius 2 is 1.02 bits per heavy atom. The molecule has 0 radical (unpaired) electrons. The smallest absolute Gasteiger partial charge is 0.200 e. The van der Waals surface area contributed by atoms with Gasteiger partial charge in [0.05, 0.1) is 33.2 Å². The second-order valence-electron chi connectivity index (χ2n) is 15.3. The maximum Gasteiger partial charge on any atom is 0.200 e. The van der Waals surface area contributed by atoms with Gasteiger partial charge in [-0.2, -0.15) is 0 Å². The lowest BCUT2D eigenvalue weighted by Gasteiger charge is -2.32. The van der Waals surface area contributed by atoms with Gasteiger partial charge in [0, 0.05) is 49.0 Å². The molecule has 12 rings (SSSR count). The molecule has 0 bridgehead atoms. The van der Waals surface area contributed by atoms with Gasteiger partial charge in [0.2, 0.25) is 5.43 Å². The number of nitrogens with zero attached hydrogens (tertiary/aromatic N) is 3. The molecule has 0 amide bonds. The molecule has 5 nitrogen and oxygen atoms in total. The van der Waals surface area contributed by atoms with Crippen LogP contribution in [0.3, 0.4) is 0 Å². The Kier molecular flexibility index (Phi) is 8.18. The summed E-state index contributed by atoms with van der Waals surface area (Å²) < 4.78 is 8.67. The van der Waals surface area contributed by atoms with E-state index < -0.39 is 0 Å². The molecule has 9 aromatic carbocycles. The third-order valence-corrected chi connectivity index (χ3v) is 12.9. The molecule has 6 heteroatoms. The minimum absolute atomic E-state index is 0.0189. The first kappa shape index (κ1) is 35.2. The fourth-order valence-electron chi connectivity index (χ4n) is 8.95. The number of para-hydroxylation sites is 5. The van der Waals surface area contributed by atoms with Gasteiger partial charge in [0.25, 0.3) is 0 Å². The van der Waals surface area contributed by atoms with Crippen molar-refractivity contribution >= 4 is 89.6 Å². The highest BCUT2D eigenvalue weighted by atomic mass is 32.2. The molecule has 2 aromatic heterocycles. The van der Waals surface area contributed by atoms with E-state index in [1.165, 1.54) is 21.2 Å². The maximum absolute atomic E-state index is 13.4. The molecule has 3 heterocycles. The average molecular weight is 802 g/mol. The summed E-state index contributed by atoms with van der Waals surface area (Å²) in [6, 6.07) is 74.1. The standard InChI is InChI=1S/C55H35N3O2S/c59-55-43-20-7-10-23-51(43)60-52-33-37(26-29-44(52)55)36-14-13-19-40(32-36)57-47-30-27-41(56(38-15-3-1-4-16-38)39-17-5-2-6-18-39)34-45(47)46-35-42(28-31-48(46)57)58-49-21-8-11-24-53(49)61-54-25-12-9-22-50(54)58/h1-35H. The van der Waals surface area contributed by atoms with E-state index >= 15 is 0 Å². The molecule has 288 valence electrons. The Morgan fingerprint density at radius 3 is 1.75 bits per heavy atom. The van der Waals surface area contributed by atoms with Gasteiger partial charge in [0.15, 0.2) is 0 Å². The fraction of sp³-hybridized carbons (Fsp3) is 0. The van der Waals surface area contributed by atoms with Crippen LogP contribution in [0.25, 0.3) is 60.6 Å². The summed E-state index contributed by atoms with van der Waals surface area (Å²) in [5.74, 6) is 0. The van der Waals surface area contributed by atoms with Gasteiger partial charge < -0.3 is 18.8 Å². The van der Waals surface area contributed by atoms with Crippen molar-refractivity contribution < 1.29 is 4.42 Å². The average Bonchev–Trinajstić information content (AvgIpc) is 3.64. The van der Waals surface area contributed by atoms with Gasteiger partial charge >= 0.3 is 0 Å². The molecule has 0 fully saturated rings. The van der Waals surface area contributed by atoms with Gasteiger partial charge in [-0.3, -0.25) is 4.79 Å². The van der Waals surface area contributed by atoms with E-state index in [9.17, 15) is 4.79 Å². The summed E-state index contributed by atoms with van der Waals surface area (Å²) in [6.07, 6.45) is 0. The van der Waals surface area contributed by atoms with Crippen molar-refractivity contribution in [2.24, 2.45) is 0 Å². The van der Waals surface area contributed by atoms with Crippen molar-refractivity contribution in [3.8, 4) is 16.8 Å². The van der Waals surface area contributed by atoms with E-state index in [1.807, 2.05) is 54.2 Å². The monoisotopic (exact) mass is 801 g/mol. The molecule has 0 saturated carbocycles. The van der Waals surface area contributed by atoms with Crippen molar-refractivity contribution in [1.82, 2.24) is 4.57 Å². The first-order chi connectivity index (χ1) is 30.2. The summed E-state index contributed by atoms with van der Waals surface area (Å²) in [5, 5.41) is 3.45. The van der Waals surface area contributed by atoms with Crippen molar-refractivity contribution in [3.05, 3.63) is 223 Å². The van der Waals surface area contributed by atoms with Crippen molar-refractivity contribution in [3.63, 3.8) is 0 Å². The van der Waals surface area contributed by atoms with Crippen LogP contribution in [0, 0.1) is 0 Å². The first-order valence-electron chi connectivity index (χ1n) is 20.4. The van der Waals surface area contributed by atoms with Crippen LogP contribution < -0.4 is 15.2 Å². The number of hydrogen-bond donors (Lipinski definition) is 0. The summed E-state index contributed by atoms with van der Waals surface area (Å²) in [5.41, 5.74) is 13.0. The molecule has 1 aliphatic rings. The number of rotatable bonds is 6. The second kappa shape index (κ2) is 14.2. The number of aromatic nitrogens is 1. The Balaban J connectivity index is 1.07. The van der Waals surface area contributed by atoms with Gasteiger partial charge in [-0.15, -0.1) is 0 Å². The van der Waals surface area contributed by atoms with E-state index in [2.05, 4.69) is 184 Å². The molecule has 0 atom stereocenters. The largest absolute Gasteiger partial charge is 0.456 e. The van der Waals surface area contributed by atoms with E-state index in [0.717, 1.165) is 61.4 Å². The number of benzene rings is 9. The molecule has 0 unspecified atom stereocenters. The minimum Gasteiger partial charge on any atom is -0.456 e. The third kappa shape index (κ3) is 5.83. The zero-order chi connectivity index (χ0) is 40.4. The zero-order valence-electron chi connectivity index (χ0n) is 32.8. The molecular weight excluding hydrogens is 767 g/mol. The van der Waals surface area contributed by atoms with E-state index in [-0.39, 0.29) is 5.43 Å². The van der Waals surface area contributed by atoms with Gasteiger partial charge in [-0.25, -0.2) is 0 Å². The highest BCUT2D eigenvalue weighted by Crippen LogP contribution is 2.52. The summed E-state index contributed by atoms with van der Waals surface area (Å²) >= 11 is 1.82. The summed E-state index contributed by atoms with van der Waals surface area (Å²) in [6.45, 7) is 0. The Bertz CT molecular complexity index is 3470. The molecule has 11 aromatic rings. The summed E-state index contributed by atoms with van der Waals surface area (Å²) in [4.78, 5) is 20.6. The van der Waals surface area contributed by atoms with Gasteiger partial charge in [-0.05, 0) is 132 Å². The minimum atomic E-state index is -0.0189.